The fraction of sp³-hybridized carbons (Fsp3) is 0.556. The smallest absolute Gasteiger partial charge is 0.364 e. The molecule has 2 unspecified atom stereocenters. The van der Waals surface area contributed by atoms with Gasteiger partial charge in [0.05, 0.1) is 30.3 Å². The average Bonchev–Trinajstić information content (AvgIpc) is 2.67. The number of aliphatic hydroxyl groups excluding tert-OH is 4. The molecule has 0 aliphatic carbocycles. The molecule has 6 atom stereocenters. The summed E-state index contributed by atoms with van der Waals surface area (Å²) in [4.78, 5) is 12.3. The molecule has 1 saturated heterocycles. The van der Waals surface area contributed by atoms with Crippen LogP contribution in [-0.4, -0.2) is 79.3 Å². The molecule has 9 nitrogen and oxygen atoms in total. The van der Waals surface area contributed by atoms with Crippen molar-refractivity contribution in [1.29, 1.82) is 0 Å². The molecule has 1 aromatic carbocycles. The van der Waals surface area contributed by atoms with E-state index < -0.39 is 55.2 Å². The number of rotatable bonds is 8. The zero-order chi connectivity index (χ0) is 20.9. The Morgan fingerprint density at radius 1 is 1.39 bits per heavy atom. The third-order valence-corrected chi connectivity index (χ3v) is 4.62. The molecule has 1 aliphatic rings. The summed E-state index contributed by atoms with van der Waals surface area (Å²) in [7, 11) is 0. The zero-order valence-corrected chi connectivity index (χ0v) is 16.1. The van der Waals surface area contributed by atoms with E-state index >= 15 is 0 Å². The minimum absolute atomic E-state index is 0.116. The molecule has 0 spiro atoms. The molecule has 0 aromatic heterocycles. The van der Waals surface area contributed by atoms with E-state index in [4.69, 9.17) is 26.8 Å². The average molecular weight is 415 g/mol. The fourth-order valence-corrected chi connectivity index (χ4v) is 3.19. The van der Waals surface area contributed by atoms with Crippen LogP contribution >= 0.6 is 12.2 Å². The topological polar surface area (TPSA) is 149 Å². The highest BCUT2D eigenvalue weighted by Gasteiger charge is 2.55. The predicted molar refractivity (Wildman–Crippen MR) is 101 cm³/mol. The van der Waals surface area contributed by atoms with Gasteiger partial charge in [-0.15, -0.1) is 0 Å². The van der Waals surface area contributed by atoms with Gasteiger partial charge in [-0.2, -0.15) is 0 Å². The number of ether oxygens (including phenoxy) is 2. The van der Waals surface area contributed by atoms with Crippen LogP contribution in [0.25, 0.3) is 0 Å². The summed E-state index contributed by atoms with van der Waals surface area (Å²) in [5.74, 6) is -3.75. The number of aliphatic hydroxyl groups is 4. The Morgan fingerprint density at radius 3 is 2.57 bits per heavy atom. The highest BCUT2D eigenvalue weighted by molar-refractivity contribution is 7.80. The number of carboxylic acid groups (broad SMARTS) is 1. The van der Waals surface area contributed by atoms with Crippen LogP contribution in [0, 0.1) is 0 Å². The zero-order valence-electron chi connectivity index (χ0n) is 15.3. The standard InChI is InChI=1S/C18H25NO8S/c1-10(28)19-14-12(21)7-18(17(24)25,26-9-11-5-3-2-4-6-11)27-16(14)15(23)13(22)8-20/h2-6,12-16,20-23H,7-9H2,1H3,(H,19,28)(H,24,25)/t12-,13?,14+,15?,16+,18+/m0/s1. The molecule has 2 rings (SSSR count). The van der Waals surface area contributed by atoms with Gasteiger partial charge in [-0.1, -0.05) is 42.5 Å². The van der Waals surface area contributed by atoms with E-state index in [0.717, 1.165) is 0 Å². The molecule has 0 bridgehead atoms. The number of hydrogen-bond acceptors (Lipinski definition) is 8. The number of benzene rings is 1. The first kappa shape index (κ1) is 22.6. The van der Waals surface area contributed by atoms with Crippen LogP contribution in [0.1, 0.15) is 18.9 Å². The second kappa shape index (κ2) is 9.70. The summed E-state index contributed by atoms with van der Waals surface area (Å²) in [5.41, 5.74) is 0.684. The quantitative estimate of drug-likeness (QED) is 0.297. The summed E-state index contributed by atoms with van der Waals surface area (Å²) < 4.78 is 11.1. The third-order valence-electron chi connectivity index (χ3n) is 4.50. The Balaban J connectivity index is 2.31. The lowest BCUT2D eigenvalue weighted by molar-refractivity contribution is -0.314. The molecular formula is C18H25NO8S. The van der Waals surface area contributed by atoms with Crippen LogP contribution in [0.3, 0.4) is 0 Å². The normalized spacial score (nSPS) is 29.7. The van der Waals surface area contributed by atoms with Crippen LogP contribution < -0.4 is 5.32 Å². The molecule has 6 N–H and O–H groups in total. The van der Waals surface area contributed by atoms with Crippen molar-refractivity contribution in [3.05, 3.63) is 35.9 Å². The first-order valence-corrected chi connectivity index (χ1v) is 9.12. The number of aliphatic carboxylic acids is 1. The van der Waals surface area contributed by atoms with E-state index in [0.29, 0.717) is 5.56 Å². The van der Waals surface area contributed by atoms with Crippen molar-refractivity contribution in [3.8, 4) is 0 Å². The van der Waals surface area contributed by atoms with Gasteiger partial charge in [-0.05, 0) is 12.5 Å². The molecule has 156 valence electrons. The SMILES string of the molecule is CC(=S)N[C@@H]1[C@@H](O)C[C@](OCc2ccccc2)(C(=O)O)O[C@H]1C(O)C(O)CO. The van der Waals surface area contributed by atoms with E-state index in [1.54, 1.807) is 37.3 Å². The lowest BCUT2D eigenvalue weighted by Crippen LogP contribution is -2.67. The minimum atomic E-state index is -2.26. The Bertz CT molecular complexity index is 675. The fourth-order valence-electron chi connectivity index (χ4n) is 3.05. The second-order valence-electron chi connectivity index (χ2n) is 6.65. The van der Waals surface area contributed by atoms with E-state index in [1.165, 1.54) is 0 Å². The summed E-state index contributed by atoms with van der Waals surface area (Å²) in [6, 6.07) is 7.77. The van der Waals surface area contributed by atoms with Gasteiger partial charge in [-0.3, -0.25) is 0 Å². The van der Waals surface area contributed by atoms with Gasteiger partial charge in [0.2, 0.25) is 0 Å². The summed E-state index contributed by atoms with van der Waals surface area (Å²) in [5, 5.41) is 52.4. The van der Waals surface area contributed by atoms with Gasteiger partial charge in [0.25, 0.3) is 5.79 Å². The van der Waals surface area contributed by atoms with Gasteiger partial charge in [0.1, 0.15) is 18.3 Å². The maximum absolute atomic E-state index is 12.0. The van der Waals surface area contributed by atoms with Gasteiger partial charge >= 0.3 is 5.97 Å². The number of hydrogen-bond donors (Lipinski definition) is 6. The molecule has 0 saturated carbocycles. The first-order chi connectivity index (χ1) is 13.2. The van der Waals surface area contributed by atoms with Crippen LogP contribution in [-0.2, 0) is 20.9 Å². The van der Waals surface area contributed by atoms with Crippen molar-refractivity contribution in [3.63, 3.8) is 0 Å². The van der Waals surface area contributed by atoms with Gasteiger partial charge < -0.3 is 40.3 Å². The van der Waals surface area contributed by atoms with Crippen LogP contribution in [0.15, 0.2) is 30.3 Å². The predicted octanol–water partition coefficient (Wildman–Crippen LogP) is -0.846. The van der Waals surface area contributed by atoms with Crippen molar-refractivity contribution < 1.29 is 39.8 Å². The third kappa shape index (κ3) is 5.23. The van der Waals surface area contributed by atoms with Crippen molar-refractivity contribution in [2.24, 2.45) is 0 Å². The Labute approximate surface area is 167 Å². The van der Waals surface area contributed by atoms with Crippen molar-refractivity contribution in [2.75, 3.05) is 6.61 Å². The summed E-state index contributed by atoms with van der Waals surface area (Å²) in [6.45, 7) is 0.639. The maximum Gasteiger partial charge on any atom is 0.364 e. The highest BCUT2D eigenvalue weighted by Crippen LogP contribution is 2.34. The van der Waals surface area contributed by atoms with Gasteiger partial charge in [0, 0.05) is 6.42 Å². The molecule has 0 amide bonds. The van der Waals surface area contributed by atoms with Crippen LogP contribution in [0.2, 0.25) is 0 Å². The molecule has 28 heavy (non-hydrogen) atoms. The lowest BCUT2D eigenvalue weighted by atomic mass is 9.88. The summed E-state index contributed by atoms with van der Waals surface area (Å²) >= 11 is 4.97. The minimum Gasteiger partial charge on any atom is -0.477 e. The Kier molecular flexibility index (Phi) is 7.84. The van der Waals surface area contributed by atoms with E-state index in [9.17, 15) is 25.2 Å². The van der Waals surface area contributed by atoms with E-state index in [2.05, 4.69) is 5.32 Å². The van der Waals surface area contributed by atoms with Crippen molar-refractivity contribution >= 4 is 23.2 Å². The summed E-state index contributed by atoms with van der Waals surface area (Å²) in [6.07, 6.45) is -6.51. The van der Waals surface area contributed by atoms with E-state index in [1.807, 2.05) is 0 Å². The highest BCUT2D eigenvalue weighted by atomic mass is 32.1. The first-order valence-electron chi connectivity index (χ1n) is 8.71. The largest absolute Gasteiger partial charge is 0.477 e. The monoisotopic (exact) mass is 415 g/mol. The Morgan fingerprint density at radius 2 is 2.04 bits per heavy atom. The van der Waals surface area contributed by atoms with Crippen molar-refractivity contribution in [2.45, 2.75) is 56.2 Å². The molecule has 0 radical (unpaired) electrons. The molecule has 1 heterocycles. The molecule has 1 aliphatic heterocycles. The van der Waals surface area contributed by atoms with Crippen molar-refractivity contribution in [1.82, 2.24) is 5.32 Å². The number of thiocarbonyl (C=S) groups is 1. The lowest BCUT2D eigenvalue weighted by Gasteiger charge is -2.46. The molecular weight excluding hydrogens is 390 g/mol. The van der Waals surface area contributed by atoms with Gasteiger partial charge in [-0.25, -0.2) is 4.79 Å². The molecule has 1 fully saturated rings. The molecule has 1 aromatic rings. The van der Waals surface area contributed by atoms with Crippen LogP contribution in [0.5, 0.6) is 0 Å². The second-order valence-corrected chi connectivity index (χ2v) is 7.27. The molecule has 10 heteroatoms. The van der Waals surface area contributed by atoms with Crippen LogP contribution in [0.4, 0.5) is 0 Å². The Hall–Kier alpha value is -1.66. The van der Waals surface area contributed by atoms with Gasteiger partial charge in [0.15, 0.2) is 0 Å². The number of carboxylic acids is 1. The number of nitrogens with one attached hydrogen (secondary N) is 1. The number of carbonyl (C=O) groups is 1. The maximum atomic E-state index is 12.0. The van der Waals surface area contributed by atoms with E-state index in [-0.39, 0.29) is 11.6 Å².